The van der Waals surface area contributed by atoms with Crippen molar-refractivity contribution in [3.63, 3.8) is 0 Å². The summed E-state index contributed by atoms with van der Waals surface area (Å²) in [6.07, 6.45) is 2.80. The van der Waals surface area contributed by atoms with Gasteiger partial charge in [0, 0.05) is 19.8 Å². The van der Waals surface area contributed by atoms with Crippen LogP contribution in [0.4, 0.5) is 0 Å². The molecule has 0 saturated heterocycles. The number of amides is 1. The average molecular weight is 313 g/mol. The van der Waals surface area contributed by atoms with Crippen LogP contribution >= 0.6 is 0 Å². The van der Waals surface area contributed by atoms with Gasteiger partial charge in [-0.3, -0.25) is 4.79 Å². The van der Waals surface area contributed by atoms with Gasteiger partial charge in [-0.05, 0) is 25.0 Å². The van der Waals surface area contributed by atoms with Crippen molar-refractivity contribution in [3.8, 4) is 0 Å². The molecule has 0 saturated carbocycles. The van der Waals surface area contributed by atoms with E-state index in [1.54, 1.807) is 18.2 Å². The van der Waals surface area contributed by atoms with Gasteiger partial charge >= 0.3 is 0 Å². The first-order valence-electron chi connectivity index (χ1n) is 7.18. The molecule has 1 rings (SSSR count). The number of nitrogens with one attached hydrogen (secondary N) is 1. The highest BCUT2D eigenvalue weighted by molar-refractivity contribution is 7.92. The van der Waals surface area contributed by atoms with Gasteiger partial charge in [0.25, 0.3) is 0 Å². The average Bonchev–Trinajstić information content (AvgIpc) is 2.47. The first-order chi connectivity index (χ1) is 10.1. The van der Waals surface area contributed by atoms with Gasteiger partial charge in [0.1, 0.15) is 5.75 Å². The summed E-state index contributed by atoms with van der Waals surface area (Å²) in [5.41, 5.74) is 0. The van der Waals surface area contributed by atoms with Crippen molar-refractivity contribution in [2.45, 2.75) is 31.1 Å². The zero-order valence-electron chi connectivity index (χ0n) is 12.4. The summed E-state index contributed by atoms with van der Waals surface area (Å²) < 4.78 is 29.3. The molecule has 0 aliphatic rings. The number of unbranched alkanes of at least 4 members (excludes halogenated alkanes) is 1. The van der Waals surface area contributed by atoms with E-state index < -0.39 is 21.5 Å². The third-order valence-corrected chi connectivity index (χ3v) is 4.49. The molecular weight excluding hydrogens is 290 g/mol. The quantitative estimate of drug-likeness (QED) is 0.668. The smallest absolute Gasteiger partial charge is 0.235 e. The second-order valence-electron chi connectivity index (χ2n) is 4.74. The van der Waals surface area contributed by atoms with Crippen molar-refractivity contribution in [3.05, 3.63) is 30.3 Å². The molecule has 21 heavy (non-hydrogen) atoms. The maximum atomic E-state index is 12.0. The molecule has 5 nitrogen and oxygen atoms in total. The van der Waals surface area contributed by atoms with Gasteiger partial charge in [-0.1, -0.05) is 31.5 Å². The Morgan fingerprint density at radius 1 is 1.14 bits per heavy atom. The highest BCUT2D eigenvalue weighted by Gasteiger charge is 2.18. The molecule has 0 heterocycles. The Bertz CT molecular complexity index is 514. The van der Waals surface area contributed by atoms with E-state index in [0.717, 1.165) is 19.4 Å². The van der Waals surface area contributed by atoms with Crippen molar-refractivity contribution >= 4 is 15.7 Å². The Labute approximate surface area is 126 Å². The molecule has 6 heteroatoms. The fourth-order valence-corrected chi connectivity index (χ4v) is 2.87. The van der Waals surface area contributed by atoms with Crippen LogP contribution in [0.5, 0.6) is 0 Å². The van der Waals surface area contributed by atoms with Gasteiger partial charge in [0.2, 0.25) is 5.91 Å². The molecule has 1 aromatic carbocycles. The standard InChI is InChI=1S/C15H23NO4S/c1-2-3-11-20-12-7-10-16-15(17)13-21(18,19)14-8-5-4-6-9-14/h4-6,8-9H,2-3,7,10-13H2,1H3,(H,16,17). The Kier molecular flexibility index (Phi) is 8.00. The van der Waals surface area contributed by atoms with E-state index in [4.69, 9.17) is 4.74 Å². The van der Waals surface area contributed by atoms with Gasteiger partial charge in [-0.25, -0.2) is 8.42 Å². The topological polar surface area (TPSA) is 72.5 Å². The van der Waals surface area contributed by atoms with Crippen molar-refractivity contribution in [1.29, 1.82) is 0 Å². The third-order valence-electron chi connectivity index (χ3n) is 2.85. The van der Waals surface area contributed by atoms with E-state index in [2.05, 4.69) is 12.2 Å². The van der Waals surface area contributed by atoms with E-state index in [1.807, 2.05) is 0 Å². The fraction of sp³-hybridized carbons (Fsp3) is 0.533. The van der Waals surface area contributed by atoms with Crippen LogP contribution in [0.3, 0.4) is 0 Å². The fourth-order valence-electron chi connectivity index (χ4n) is 1.69. The molecule has 0 fully saturated rings. The largest absolute Gasteiger partial charge is 0.381 e. The van der Waals surface area contributed by atoms with Crippen LogP contribution in [0.2, 0.25) is 0 Å². The first kappa shape index (κ1) is 17.7. The van der Waals surface area contributed by atoms with E-state index in [-0.39, 0.29) is 4.90 Å². The summed E-state index contributed by atoms with van der Waals surface area (Å²) in [6.45, 7) is 3.82. The summed E-state index contributed by atoms with van der Waals surface area (Å²) >= 11 is 0. The first-order valence-corrected chi connectivity index (χ1v) is 8.83. The number of carbonyl (C=O) groups excluding carboxylic acids is 1. The normalized spacial score (nSPS) is 11.3. The number of hydrogen-bond donors (Lipinski definition) is 1. The molecule has 1 amide bonds. The van der Waals surface area contributed by atoms with E-state index in [1.165, 1.54) is 12.1 Å². The third kappa shape index (κ3) is 7.24. The SMILES string of the molecule is CCCCOCCCNC(=O)CS(=O)(=O)c1ccccc1. The minimum absolute atomic E-state index is 0.169. The summed E-state index contributed by atoms with van der Waals surface area (Å²) in [7, 11) is -3.56. The van der Waals surface area contributed by atoms with Gasteiger partial charge in [-0.2, -0.15) is 0 Å². The molecule has 0 spiro atoms. The van der Waals surface area contributed by atoms with Crippen LogP contribution in [-0.4, -0.2) is 39.8 Å². The van der Waals surface area contributed by atoms with Gasteiger partial charge in [-0.15, -0.1) is 0 Å². The second kappa shape index (κ2) is 9.52. The van der Waals surface area contributed by atoms with Crippen LogP contribution < -0.4 is 5.32 Å². The monoisotopic (exact) mass is 313 g/mol. The maximum Gasteiger partial charge on any atom is 0.235 e. The Morgan fingerprint density at radius 2 is 1.81 bits per heavy atom. The van der Waals surface area contributed by atoms with E-state index >= 15 is 0 Å². The number of rotatable bonds is 10. The van der Waals surface area contributed by atoms with Gasteiger partial charge in [0.15, 0.2) is 9.84 Å². The molecule has 0 atom stereocenters. The van der Waals surface area contributed by atoms with Crippen LogP contribution in [0.15, 0.2) is 35.2 Å². The Morgan fingerprint density at radius 3 is 2.48 bits per heavy atom. The molecule has 0 radical (unpaired) electrons. The summed E-state index contributed by atoms with van der Waals surface area (Å²) in [5, 5.41) is 2.60. The van der Waals surface area contributed by atoms with Crippen molar-refractivity contribution in [2.24, 2.45) is 0 Å². The Hall–Kier alpha value is -1.40. The molecular formula is C15H23NO4S. The predicted molar refractivity (Wildman–Crippen MR) is 81.8 cm³/mol. The lowest BCUT2D eigenvalue weighted by molar-refractivity contribution is -0.118. The minimum Gasteiger partial charge on any atom is -0.381 e. The predicted octanol–water partition coefficient (Wildman–Crippen LogP) is 1.78. The number of ether oxygens (including phenoxy) is 1. The number of hydrogen-bond acceptors (Lipinski definition) is 4. The zero-order chi connectivity index (χ0) is 15.6. The maximum absolute atomic E-state index is 12.0. The molecule has 0 aromatic heterocycles. The molecule has 1 N–H and O–H groups in total. The van der Waals surface area contributed by atoms with Crippen molar-refractivity contribution in [1.82, 2.24) is 5.32 Å². The zero-order valence-corrected chi connectivity index (χ0v) is 13.2. The number of sulfone groups is 1. The lowest BCUT2D eigenvalue weighted by Crippen LogP contribution is -2.31. The molecule has 0 bridgehead atoms. The van der Waals surface area contributed by atoms with Crippen LogP contribution in [0, 0.1) is 0 Å². The highest BCUT2D eigenvalue weighted by Crippen LogP contribution is 2.09. The summed E-state index contributed by atoms with van der Waals surface area (Å²) in [5.74, 6) is -0.999. The summed E-state index contributed by atoms with van der Waals surface area (Å²) in [4.78, 5) is 11.8. The minimum atomic E-state index is -3.56. The number of benzene rings is 1. The molecule has 1 aromatic rings. The van der Waals surface area contributed by atoms with Crippen molar-refractivity contribution < 1.29 is 17.9 Å². The lowest BCUT2D eigenvalue weighted by Gasteiger charge is -2.07. The second-order valence-corrected chi connectivity index (χ2v) is 6.73. The lowest BCUT2D eigenvalue weighted by atomic mass is 10.4. The van der Waals surface area contributed by atoms with E-state index in [9.17, 15) is 13.2 Å². The molecule has 118 valence electrons. The molecule has 0 aliphatic heterocycles. The number of carbonyl (C=O) groups is 1. The van der Waals surface area contributed by atoms with Crippen LogP contribution in [0.25, 0.3) is 0 Å². The van der Waals surface area contributed by atoms with Gasteiger partial charge < -0.3 is 10.1 Å². The van der Waals surface area contributed by atoms with Crippen LogP contribution in [0.1, 0.15) is 26.2 Å². The molecule has 0 unspecified atom stereocenters. The van der Waals surface area contributed by atoms with Gasteiger partial charge in [0.05, 0.1) is 4.90 Å². The van der Waals surface area contributed by atoms with E-state index in [0.29, 0.717) is 19.6 Å². The highest BCUT2D eigenvalue weighted by atomic mass is 32.2. The molecule has 0 aliphatic carbocycles. The Balaban J connectivity index is 2.25. The summed E-state index contributed by atoms with van der Waals surface area (Å²) in [6, 6.07) is 7.99. The van der Waals surface area contributed by atoms with Crippen LogP contribution in [-0.2, 0) is 19.4 Å². The van der Waals surface area contributed by atoms with Crippen molar-refractivity contribution in [2.75, 3.05) is 25.5 Å².